The molecule has 0 aromatic carbocycles. The second kappa shape index (κ2) is 5.30. The Bertz CT molecular complexity index is 505. The number of nitrogens with two attached hydrogens (primary N) is 1. The quantitative estimate of drug-likeness (QED) is 0.838. The highest BCUT2D eigenvalue weighted by atomic mass is 32.2. The molecule has 0 saturated heterocycles. The first-order valence-electron chi connectivity index (χ1n) is 5.58. The largest absolute Gasteiger partial charge is 0.330 e. The van der Waals surface area contributed by atoms with Crippen molar-refractivity contribution in [2.75, 3.05) is 19.6 Å². The first-order valence-corrected chi connectivity index (χ1v) is 7.84. The Morgan fingerprint density at radius 1 is 1.35 bits per heavy atom. The Labute approximate surface area is 106 Å². The van der Waals surface area contributed by atoms with Crippen LogP contribution in [0.4, 0.5) is 0 Å². The van der Waals surface area contributed by atoms with Crippen LogP contribution in [0, 0.1) is 0 Å². The lowest BCUT2D eigenvalue weighted by Crippen LogP contribution is -2.33. The fourth-order valence-corrected chi connectivity index (χ4v) is 4.67. The van der Waals surface area contributed by atoms with E-state index in [0.29, 0.717) is 23.8 Å². The fourth-order valence-electron chi connectivity index (χ4n) is 1.74. The molecule has 0 unspecified atom stereocenters. The van der Waals surface area contributed by atoms with Crippen molar-refractivity contribution in [3.05, 3.63) is 29.2 Å². The molecule has 17 heavy (non-hydrogen) atoms. The second-order valence-electron chi connectivity index (χ2n) is 3.88. The zero-order valence-corrected chi connectivity index (χ0v) is 11.1. The van der Waals surface area contributed by atoms with Crippen LogP contribution in [0.15, 0.2) is 28.5 Å². The third kappa shape index (κ3) is 2.77. The summed E-state index contributed by atoms with van der Waals surface area (Å²) >= 11 is 1.32. The summed E-state index contributed by atoms with van der Waals surface area (Å²) in [5, 5.41) is 0. The average Bonchev–Trinajstić information content (AvgIpc) is 2.80. The molecule has 4 nitrogen and oxygen atoms in total. The van der Waals surface area contributed by atoms with E-state index in [1.807, 2.05) is 18.2 Å². The lowest BCUT2D eigenvalue weighted by molar-refractivity contribution is 0.439. The molecule has 0 amide bonds. The highest BCUT2D eigenvalue weighted by Crippen LogP contribution is 2.26. The predicted octanol–water partition coefficient (Wildman–Crippen LogP) is 1.20. The molecule has 1 aromatic heterocycles. The van der Waals surface area contributed by atoms with E-state index in [-0.39, 0.29) is 0 Å². The van der Waals surface area contributed by atoms with Gasteiger partial charge in [0.15, 0.2) is 0 Å². The summed E-state index contributed by atoms with van der Waals surface area (Å²) < 4.78 is 26.5. The molecule has 0 aliphatic carbocycles. The number of thiophene rings is 1. The summed E-state index contributed by atoms with van der Waals surface area (Å²) in [4.78, 5) is 1.03. The third-order valence-corrected chi connectivity index (χ3v) is 6.12. The highest BCUT2D eigenvalue weighted by molar-refractivity contribution is 7.91. The van der Waals surface area contributed by atoms with E-state index in [1.165, 1.54) is 15.6 Å². The van der Waals surface area contributed by atoms with E-state index in [4.69, 9.17) is 5.73 Å². The number of hydrogen-bond acceptors (Lipinski definition) is 4. The molecule has 1 aliphatic rings. The molecule has 2 N–H and O–H groups in total. The third-order valence-electron chi connectivity index (χ3n) is 2.64. The van der Waals surface area contributed by atoms with Gasteiger partial charge in [-0.3, -0.25) is 0 Å². The van der Waals surface area contributed by atoms with Crippen molar-refractivity contribution in [3.8, 4) is 0 Å². The monoisotopic (exact) mass is 272 g/mol. The van der Waals surface area contributed by atoms with Crippen LogP contribution in [0.2, 0.25) is 0 Å². The molecule has 0 spiro atoms. The minimum absolute atomic E-state index is 0.427. The molecule has 94 valence electrons. The van der Waals surface area contributed by atoms with E-state index in [0.717, 1.165) is 17.7 Å². The van der Waals surface area contributed by atoms with Gasteiger partial charge in [-0.25, -0.2) is 8.42 Å². The molecule has 0 fully saturated rings. The first-order chi connectivity index (χ1) is 8.14. The normalized spacial score (nSPS) is 17.5. The summed E-state index contributed by atoms with van der Waals surface area (Å²) in [5.41, 5.74) is 5.46. The van der Waals surface area contributed by atoms with Gasteiger partial charge in [0.05, 0.1) is 0 Å². The molecule has 2 heterocycles. The summed E-state index contributed by atoms with van der Waals surface area (Å²) in [5.74, 6) is 0. The molecule has 2 rings (SSSR count). The molecular formula is C11H16N2O2S2. The smallest absolute Gasteiger partial charge is 0.252 e. The van der Waals surface area contributed by atoms with E-state index in [9.17, 15) is 8.42 Å². The van der Waals surface area contributed by atoms with Crippen LogP contribution in [0.25, 0.3) is 0 Å². The van der Waals surface area contributed by atoms with E-state index in [1.54, 1.807) is 6.07 Å². The topological polar surface area (TPSA) is 63.4 Å². The van der Waals surface area contributed by atoms with Gasteiger partial charge < -0.3 is 5.73 Å². The Morgan fingerprint density at radius 2 is 2.18 bits per heavy atom. The van der Waals surface area contributed by atoms with Crippen LogP contribution in [0.5, 0.6) is 0 Å². The number of nitrogens with zero attached hydrogens (tertiary/aromatic N) is 1. The van der Waals surface area contributed by atoms with E-state index in [2.05, 4.69) is 0 Å². The van der Waals surface area contributed by atoms with Crippen LogP contribution < -0.4 is 5.73 Å². The van der Waals surface area contributed by atoms with Gasteiger partial charge in [-0.1, -0.05) is 12.2 Å². The maximum absolute atomic E-state index is 12.3. The van der Waals surface area contributed by atoms with Gasteiger partial charge in [-0.05, 0) is 31.5 Å². The van der Waals surface area contributed by atoms with Gasteiger partial charge in [0.25, 0.3) is 10.0 Å². The Kier molecular flexibility index (Phi) is 3.98. The number of rotatable bonds is 4. The van der Waals surface area contributed by atoms with Crippen LogP contribution in [0.1, 0.15) is 11.3 Å². The molecule has 0 saturated carbocycles. The summed E-state index contributed by atoms with van der Waals surface area (Å²) in [6.45, 7) is 1.60. The number of sulfonamides is 1. The lowest BCUT2D eigenvalue weighted by atomic mass is 10.3. The summed E-state index contributed by atoms with van der Waals surface area (Å²) in [6, 6.07) is 3.54. The van der Waals surface area contributed by atoms with Crippen molar-refractivity contribution in [1.29, 1.82) is 0 Å². The first kappa shape index (κ1) is 12.8. The molecule has 6 heteroatoms. The SMILES string of the molecule is NCCc1ccc(S(=O)(=O)N2CC=CCC2)s1. The summed E-state index contributed by atoms with van der Waals surface area (Å²) in [7, 11) is -3.30. The van der Waals surface area contributed by atoms with Crippen LogP contribution in [0.3, 0.4) is 0 Å². The standard InChI is InChI=1S/C11H16N2O2S2/c12-7-6-10-4-5-11(16-10)17(14,15)13-8-2-1-3-9-13/h1-2,4-5H,3,6-9,12H2. The fraction of sp³-hybridized carbons (Fsp3) is 0.455. The van der Waals surface area contributed by atoms with E-state index < -0.39 is 10.0 Å². The molecule has 0 atom stereocenters. The molecule has 1 aliphatic heterocycles. The van der Waals surface area contributed by atoms with Gasteiger partial charge in [0.1, 0.15) is 4.21 Å². The Hall–Kier alpha value is -0.690. The zero-order chi connectivity index (χ0) is 12.3. The molecular weight excluding hydrogens is 256 g/mol. The zero-order valence-electron chi connectivity index (χ0n) is 9.50. The van der Waals surface area contributed by atoms with Crippen molar-refractivity contribution in [1.82, 2.24) is 4.31 Å². The predicted molar refractivity (Wildman–Crippen MR) is 69.6 cm³/mol. The maximum Gasteiger partial charge on any atom is 0.252 e. The lowest BCUT2D eigenvalue weighted by Gasteiger charge is -2.21. The van der Waals surface area contributed by atoms with Gasteiger partial charge in [-0.2, -0.15) is 4.31 Å². The van der Waals surface area contributed by atoms with Crippen molar-refractivity contribution in [2.24, 2.45) is 5.73 Å². The molecule has 0 radical (unpaired) electrons. The van der Waals surface area contributed by atoms with Crippen LogP contribution in [-0.4, -0.2) is 32.4 Å². The van der Waals surface area contributed by atoms with Crippen molar-refractivity contribution >= 4 is 21.4 Å². The number of hydrogen-bond donors (Lipinski definition) is 1. The minimum Gasteiger partial charge on any atom is -0.330 e. The van der Waals surface area contributed by atoms with Gasteiger partial charge in [0, 0.05) is 18.0 Å². The highest BCUT2D eigenvalue weighted by Gasteiger charge is 2.25. The van der Waals surface area contributed by atoms with Gasteiger partial charge in [-0.15, -0.1) is 11.3 Å². The second-order valence-corrected chi connectivity index (χ2v) is 7.22. The Balaban J connectivity index is 2.21. The summed E-state index contributed by atoms with van der Waals surface area (Å²) in [6.07, 6.45) is 5.44. The van der Waals surface area contributed by atoms with Crippen molar-refractivity contribution in [2.45, 2.75) is 17.1 Å². The Morgan fingerprint density at radius 3 is 2.82 bits per heavy atom. The average molecular weight is 272 g/mol. The van der Waals surface area contributed by atoms with Crippen molar-refractivity contribution < 1.29 is 8.42 Å². The van der Waals surface area contributed by atoms with Crippen molar-refractivity contribution in [3.63, 3.8) is 0 Å². The maximum atomic E-state index is 12.3. The van der Waals surface area contributed by atoms with Crippen LogP contribution in [-0.2, 0) is 16.4 Å². The van der Waals surface area contributed by atoms with Crippen LogP contribution >= 0.6 is 11.3 Å². The van der Waals surface area contributed by atoms with E-state index >= 15 is 0 Å². The van der Waals surface area contributed by atoms with Gasteiger partial charge in [0.2, 0.25) is 0 Å². The minimum atomic E-state index is -3.30. The van der Waals surface area contributed by atoms with Gasteiger partial charge >= 0.3 is 0 Å². The molecule has 1 aromatic rings. The molecule has 0 bridgehead atoms.